The predicted octanol–water partition coefficient (Wildman–Crippen LogP) is 0.688. The molecule has 0 amide bonds. The van der Waals surface area contributed by atoms with Crippen LogP contribution >= 0.6 is 0 Å². The van der Waals surface area contributed by atoms with E-state index in [2.05, 4.69) is 5.32 Å². The summed E-state index contributed by atoms with van der Waals surface area (Å²) in [5, 5.41) is 3.11. The summed E-state index contributed by atoms with van der Waals surface area (Å²) in [6.07, 6.45) is 0.881. The number of hydrogen-bond donors (Lipinski definition) is 1. The van der Waals surface area contributed by atoms with Gasteiger partial charge in [-0.1, -0.05) is 6.07 Å². The predicted molar refractivity (Wildman–Crippen MR) is 78.2 cm³/mol. The Morgan fingerprint density at radius 1 is 1.33 bits per heavy atom. The number of rotatable bonds is 4. The minimum atomic E-state index is -3.53. The van der Waals surface area contributed by atoms with Crippen LogP contribution in [0.15, 0.2) is 23.1 Å². The van der Waals surface area contributed by atoms with Gasteiger partial charge in [-0.15, -0.1) is 0 Å². The highest BCUT2D eigenvalue weighted by Crippen LogP contribution is 2.38. The largest absolute Gasteiger partial charge is 0.486 e. The lowest BCUT2D eigenvalue weighted by molar-refractivity contribution is 0.166. The van der Waals surface area contributed by atoms with E-state index in [4.69, 9.17) is 9.47 Å². The van der Waals surface area contributed by atoms with E-state index in [1.807, 2.05) is 7.05 Å². The molecule has 116 valence electrons. The van der Waals surface area contributed by atoms with Gasteiger partial charge < -0.3 is 14.8 Å². The Bertz CT molecular complexity index is 617. The molecule has 1 fully saturated rings. The Labute approximate surface area is 125 Å². The standard InChI is InChI=1S/C14H20N2O4S/c1-15-9-11-5-6-16(10-11)21(17,18)13-4-2-3-12-14(13)20-8-7-19-12/h2-4,11,15H,5-10H2,1H3. The molecule has 1 aromatic carbocycles. The van der Waals surface area contributed by atoms with Crippen LogP contribution in [0.25, 0.3) is 0 Å². The molecule has 0 aliphatic carbocycles. The molecular formula is C14H20N2O4S. The van der Waals surface area contributed by atoms with Crippen LogP contribution in [0.3, 0.4) is 0 Å². The Balaban J connectivity index is 1.89. The van der Waals surface area contributed by atoms with Crippen molar-refractivity contribution < 1.29 is 17.9 Å². The van der Waals surface area contributed by atoms with E-state index in [0.717, 1.165) is 13.0 Å². The van der Waals surface area contributed by atoms with Gasteiger partial charge in [-0.25, -0.2) is 8.42 Å². The average Bonchev–Trinajstić information content (AvgIpc) is 2.96. The van der Waals surface area contributed by atoms with Gasteiger partial charge >= 0.3 is 0 Å². The normalized spacial score (nSPS) is 22.4. The van der Waals surface area contributed by atoms with Crippen LogP contribution in [0.2, 0.25) is 0 Å². The van der Waals surface area contributed by atoms with Gasteiger partial charge in [0, 0.05) is 13.1 Å². The molecule has 1 unspecified atom stereocenters. The number of ether oxygens (including phenoxy) is 2. The summed E-state index contributed by atoms with van der Waals surface area (Å²) in [7, 11) is -1.65. The molecule has 7 heteroatoms. The fraction of sp³-hybridized carbons (Fsp3) is 0.571. The fourth-order valence-corrected chi connectivity index (χ4v) is 4.54. The van der Waals surface area contributed by atoms with Crippen molar-refractivity contribution in [3.05, 3.63) is 18.2 Å². The summed E-state index contributed by atoms with van der Waals surface area (Å²) in [5.74, 6) is 1.22. The van der Waals surface area contributed by atoms with Gasteiger partial charge in [-0.2, -0.15) is 4.31 Å². The van der Waals surface area contributed by atoms with Crippen LogP contribution in [-0.2, 0) is 10.0 Å². The molecule has 1 saturated heterocycles. The highest BCUT2D eigenvalue weighted by molar-refractivity contribution is 7.89. The SMILES string of the molecule is CNCC1CCN(S(=O)(=O)c2cccc3c2OCCO3)C1. The fourth-order valence-electron chi connectivity index (χ4n) is 2.86. The first-order valence-electron chi connectivity index (χ1n) is 7.16. The van der Waals surface area contributed by atoms with Crippen LogP contribution in [0.1, 0.15) is 6.42 Å². The molecule has 0 spiro atoms. The van der Waals surface area contributed by atoms with Gasteiger partial charge in [0.15, 0.2) is 11.5 Å². The average molecular weight is 312 g/mol. The third-order valence-electron chi connectivity index (χ3n) is 3.89. The van der Waals surface area contributed by atoms with E-state index < -0.39 is 10.0 Å². The first-order chi connectivity index (χ1) is 10.1. The van der Waals surface area contributed by atoms with Crippen molar-refractivity contribution in [2.45, 2.75) is 11.3 Å². The second kappa shape index (κ2) is 5.82. The third kappa shape index (κ3) is 2.73. The molecular weight excluding hydrogens is 292 g/mol. The number of hydrogen-bond acceptors (Lipinski definition) is 5. The summed E-state index contributed by atoms with van der Waals surface area (Å²) < 4.78 is 38.2. The zero-order chi connectivity index (χ0) is 14.9. The van der Waals surface area contributed by atoms with Crippen LogP contribution in [-0.4, -0.2) is 52.6 Å². The summed E-state index contributed by atoms with van der Waals surface area (Å²) >= 11 is 0. The minimum absolute atomic E-state index is 0.213. The molecule has 0 bridgehead atoms. The summed E-state index contributed by atoms with van der Waals surface area (Å²) in [5.41, 5.74) is 0. The monoisotopic (exact) mass is 312 g/mol. The second-order valence-corrected chi connectivity index (χ2v) is 7.26. The maximum absolute atomic E-state index is 12.8. The molecule has 1 aromatic rings. The van der Waals surface area contributed by atoms with Crippen molar-refractivity contribution in [2.24, 2.45) is 5.92 Å². The van der Waals surface area contributed by atoms with E-state index >= 15 is 0 Å². The first-order valence-corrected chi connectivity index (χ1v) is 8.60. The summed E-state index contributed by atoms with van der Waals surface area (Å²) in [6, 6.07) is 5.02. The van der Waals surface area contributed by atoms with Gasteiger partial charge in [-0.05, 0) is 38.1 Å². The van der Waals surface area contributed by atoms with Gasteiger partial charge in [0.25, 0.3) is 0 Å². The maximum atomic E-state index is 12.8. The molecule has 2 aliphatic rings. The number of benzene rings is 1. The summed E-state index contributed by atoms with van der Waals surface area (Å²) in [6.45, 7) is 2.76. The molecule has 0 aromatic heterocycles. The second-order valence-electron chi connectivity index (χ2n) is 5.36. The van der Waals surface area contributed by atoms with Gasteiger partial charge in [0.05, 0.1) is 0 Å². The van der Waals surface area contributed by atoms with E-state index in [0.29, 0.717) is 43.7 Å². The number of sulfonamides is 1. The number of nitrogens with one attached hydrogen (secondary N) is 1. The van der Waals surface area contributed by atoms with Gasteiger partial charge in [0.2, 0.25) is 10.0 Å². The molecule has 3 rings (SSSR count). The molecule has 6 nitrogen and oxygen atoms in total. The highest BCUT2D eigenvalue weighted by atomic mass is 32.2. The molecule has 0 saturated carbocycles. The number of para-hydroxylation sites is 1. The van der Waals surface area contributed by atoms with E-state index in [1.54, 1.807) is 22.5 Å². The van der Waals surface area contributed by atoms with E-state index in [9.17, 15) is 8.42 Å². The molecule has 21 heavy (non-hydrogen) atoms. The van der Waals surface area contributed by atoms with Crippen molar-refractivity contribution in [1.29, 1.82) is 0 Å². The third-order valence-corrected chi connectivity index (χ3v) is 5.78. The smallest absolute Gasteiger partial charge is 0.246 e. The van der Waals surface area contributed by atoms with Crippen molar-refractivity contribution >= 4 is 10.0 Å². The minimum Gasteiger partial charge on any atom is -0.486 e. The summed E-state index contributed by atoms with van der Waals surface area (Å²) in [4.78, 5) is 0.213. The molecule has 0 radical (unpaired) electrons. The van der Waals surface area contributed by atoms with Crippen LogP contribution in [0, 0.1) is 5.92 Å². The van der Waals surface area contributed by atoms with E-state index in [-0.39, 0.29) is 4.90 Å². The maximum Gasteiger partial charge on any atom is 0.246 e. The quantitative estimate of drug-likeness (QED) is 0.886. The molecule has 2 heterocycles. The van der Waals surface area contributed by atoms with Crippen LogP contribution in [0.5, 0.6) is 11.5 Å². The first kappa shape index (κ1) is 14.6. The molecule has 1 atom stereocenters. The van der Waals surface area contributed by atoms with Gasteiger partial charge in [0.1, 0.15) is 18.1 Å². The van der Waals surface area contributed by atoms with Crippen LogP contribution < -0.4 is 14.8 Å². The Morgan fingerprint density at radius 3 is 2.95 bits per heavy atom. The Hall–Kier alpha value is -1.31. The van der Waals surface area contributed by atoms with Crippen LogP contribution in [0.4, 0.5) is 0 Å². The van der Waals surface area contributed by atoms with Gasteiger partial charge in [-0.3, -0.25) is 0 Å². The highest BCUT2D eigenvalue weighted by Gasteiger charge is 2.35. The topological polar surface area (TPSA) is 67.9 Å². The van der Waals surface area contributed by atoms with Crippen molar-refractivity contribution in [2.75, 3.05) is 39.9 Å². The lowest BCUT2D eigenvalue weighted by atomic mass is 10.1. The number of fused-ring (bicyclic) bond motifs is 1. The Kier molecular flexibility index (Phi) is 4.05. The lowest BCUT2D eigenvalue weighted by Crippen LogP contribution is -2.31. The van der Waals surface area contributed by atoms with E-state index in [1.165, 1.54) is 0 Å². The zero-order valence-corrected chi connectivity index (χ0v) is 12.9. The lowest BCUT2D eigenvalue weighted by Gasteiger charge is -2.23. The van der Waals surface area contributed by atoms with Crippen molar-refractivity contribution in [3.8, 4) is 11.5 Å². The number of nitrogens with zero attached hydrogens (tertiary/aromatic N) is 1. The Morgan fingerprint density at radius 2 is 2.14 bits per heavy atom. The van der Waals surface area contributed by atoms with Crippen molar-refractivity contribution in [1.82, 2.24) is 9.62 Å². The zero-order valence-electron chi connectivity index (χ0n) is 12.0. The molecule has 1 N–H and O–H groups in total. The van der Waals surface area contributed by atoms with Crippen molar-refractivity contribution in [3.63, 3.8) is 0 Å². The molecule has 2 aliphatic heterocycles.